The number of ether oxygens (including phenoxy) is 1. The number of hydrogen-bond donors (Lipinski definition) is 1. The van der Waals surface area contributed by atoms with Crippen LogP contribution in [-0.4, -0.2) is 23.6 Å². The third-order valence-corrected chi connectivity index (χ3v) is 6.62. The second-order valence-electron chi connectivity index (χ2n) is 6.79. The summed E-state index contributed by atoms with van der Waals surface area (Å²) in [6, 6.07) is 19.2. The third-order valence-electron chi connectivity index (χ3n) is 4.65. The molecular weight excluding hydrogens is 594 g/mol. The molecule has 0 saturated carbocycles. The Morgan fingerprint density at radius 3 is 2.24 bits per heavy atom. The van der Waals surface area contributed by atoms with Crippen LogP contribution >= 0.6 is 58.0 Å². The van der Waals surface area contributed by atoms with E-state index in [0.717, 1.165) is 3.57 Å². The van der Waals surface area contributed by atoms with Gasteiger partial charge in [0.1, 0.15) is 0 Å². The van der Waals surface area contributed by atoms with Crippen molar-refractivity contribution in [2.24, 2.45) is 0 Å². The van der Waals surface area contributed by atoms with Crippen LogP contribution in [0, 0.1) is 3.57 Å². The van der Waals surface area contributed by atoms with E-state index in [4.69, 9.17) is 40.2 Å². The molecule has 0 radical (unpaired) electrons. The van der Waals surface area contributed by atoms with Gasteiger partial charge in [0.2, 0.25) is 0 Å². The Bertz CT molecular complexity index is 1170. The summed E-state index contributed by atoms with van der Waals surface area (Å²) in [6.45, 7) is 2.24. The quantitative estimate of drug-likeness (QED) is 0.196. The minimum absolute atomic E-state index is 0.166. The largest absolute Gasteiger partial charge is 0.462 e. The van der Waals surface area contributed by atoms with Gasteiger partial charge in [0.15, 0.2) is 5.11 Å². The van der Waals surface area contributed by atoms with E-state index in [1.165, 1.54) is 0 Å². The van der Waals surface area contributed by atoms with Gasteiger partial charge >= 0.3 is 5.97 Å². The average Bonchev–Trinajstić information content (AvgIpc) is 2.79. The van der Waals surface area contributed by atoms with E-state index in [0.29, 0.717) is 32.4 Å². The van der Waals surface area contributed by atoms with E-state index >= 15 is 0 Å². The first-order valence-corrected chi connectivity index (χ1v) is 12.1. The van der Waals surface area contributed by atoms with Crippen molar-refractivity contribution in [2.45, 2.75) is 13.5 Å². The predicted octanol–water partition coefficient (Wildman–Crippen LogP) is 6.50. The van der Waals surface area contributed by atoms with Crippen LogP contribution in [0.4, 0.5) is 5.69 Å². The highest BCUT2D eigenvalue weighted by molar-refractivity contribution is 14.1. The Balaban J connectivity index is 1.93. The summed E-state index contributed by atoms with van der Waals surface area (Å²) in [7, 11) is 0. The van der Waals surface area contributed by atoms with E-state index in [-0.39, 0.29) is 24.2 Å². The van der Waals surface area contributed by atoms with Crippen molar-refractivity contribution < 1.29 is 14.3 Å². The Hall–Kier alpha value is -2.20. The summed E-state index contributed by atoms with van der Waals surface area (Å²) in [4.78, 5) is 26.6. The molecule has 0 fully saturated rings. The molecule has 0 aromatic heterocycles. The number of benzene rings is 3. The lowest BCUT2D eigenvalue weighted by molar-refractivity contribution is 0.0526. The molecule has 5 nitrogen and oxygen atoms in total. The van der Waals surface area contributed by atoms with Crippen molar-refractivity contribution in [1.29, 1.82) is 0 Å². The highest BCUT2D eigenvalue weighted by atomic mass is 127. The van der Waals surface area contributed by atoms with Crippen LogP contribution in [0.2, 0.25) is 10.0 Å². The monoisotopic (exact) mass is 612 g/mol. The molecule has 3 aromatic rings. The molecule has 33 heavy (non-hydrogen) atoms. The van der Waals surface area contributed by atoms with Crippen LogP contribution < -0.4 is 10.2 Å². The van der Waals surface area contributed by atoms with Crippen LogP contribution in [0.25, 0.3) is 0 Å². The summed E-state index contributed by atoms with van der Waals surface area (Å²) in [5.41, 5.74) is 2.22. The van der Waals surface area contributed by atoms with Gasteiger partial charge in [-0.15, -0.1) is 0 Å². The molecule has 1 amide bonds. The van der Waals surface area contributed by atoms with Gasteiger partial charge in [0.25, 0.3) is 5.91 Å². The lowest BCUT2D eigenvalue weighted by atomic mass is 10.1. The van der Waals surface area contributed by atoms with Crippen molar-refractivity contribution >= 4 is 80.7 Å². The lowest BCUT2D eigenvalue weighted by Gasteiger charge is -2.27. The van der Waals surface area contributed by atoms with Gasteiger partial charge < -0.3 is 9.64 Å². The highest BCUT2D eigenvalue weighted by Gasteiger charge is 2.20. The maximum absolute atomic E-state index is 12.9. The highest BCUT2D eigenvalue weighted by Crippen LogP contribution is 2.28. The van der Waals surface area contributed by atoms with Gasteiger partial charge in [0, 0.05) is 24.9 Å². The van der Waals surface area contributed by atoms with Crippen molar-refractivity contribution in [3.05, 3.63) is 97.0 Å². The molecule has 170 valence electrons. The van der Waals surface area contributed by atoms with Crippen LogP contribution in [0.15, 0.2) is 66.7 Å². The van der Waals surface area contributed by atoms with Crippen LogP contribution in [0.5, 0.6) is 0 Å². The first kappa shape index (κ1) is 25.4. The second kappa shape index (κ2) is 11.8. The number of amides is 1. The van der Waals surface area contributed by atoms with Crippen LogP contribution in [0.3, 0.4) is 0 Å². The van der Waals surface area contributed by atoms with E-state index in [9.17, 15) is 9.59 Å². The number of thiocarbonyl (C=S) groups is 1. The molecule has 0 aliphatic carbocycles. The predicted molar refractivity (Wildman–Crippen MR) is 144 cm³/mol. The fourth-order valence-corrected chi connectivity index (χ4v) is 4.40. The molecule has 3 aromatic carbocycles. The van der Waals surface area contributed by atoms with Gasteiger partial charge in [0.05, 0.1) is 24.3 Å². The molecule has 1 N–H and O–H groups in total. The smallest absolute Gasteiger partial charge is 0.338 e. The summed E-state index contributed by atoms with van der Waals surface area (Å²) in [6.07, 6.45) is 0. The lowest BCUT2D eigenvalue weighted by Crippen LogP contribution is -2.42. The van der Waals surface area contributed by atoms with Gasteiger partial charge in [-0.2, -0.15) is 0 Å². The number of anilines is 1. The first-order valence-electron chi connectivity index (χ1n) is 9.89. The Morgan fingerprint density at radius 1 is 1.00 bits per heavy atom. The maximum Gasteiger partial charge on any atom is 0.338 e. The molecule has 0 spiro atoms. The van der Waals surface area contributed by atoms with Crippen LogP contribution in [-0.2, 0) is 11.3 Å². The first-order chi connectivity index (χ1) is 15.8. The number of carbonyl (C=O) groups is 2. The van der Waals surface area contributed by atoms with E-state index in [1.807, 2.05) is 12.1 Å². The molecule has 3 rings (SSSR count). The van der Waals surface area contributed by atoms with Crippen LogP contribution in [0.1, 0.15) is 33.2 Å². The van der Waals surface area contributed by atoms with Gasteiger partial charge in [-0.1, -0.05) is 41.4 Å². The van der Waals surface area contributed by atoms with E-state index in [2.05, 4.69) is 27.9 Å². The Kier molecular flexibility index (Phi) is 9.08. The van der Waals surface area contributed by atoms with Gasteiger partial charge in [-0.3, -0.25) is 10.1 Å². The number of carbonyl (C=O) groups excluding carboxylic acids is 2. The molecule has 0 bridgehead atoms. The summed E-state index contributed by atoms with van der Waals surface area (Å²) < 4.78 is 5.85. The summed E-state index contributed by atoms with van der Waals surface area (Å²) in [5.74, 6) is -0.748. The number of hydrogen-bond acceptors (Lipinski definition) is 4. The second-order valence-corrected chi connectivity index (χ2v) is 9.16. The fraction of sp³-hybridized carbons (Fsp3) is 0.125. The van der Waals surface area contributed by atoms with Crippen molar-refractivity contribution in [1.82, 2.24) is 5.32 Å². The molecule has 0 aliphatic rings. The normalized spacial score (nSPS) is 10.4. The number of esters is 1. The molecule has 0 saturated heterocycles. The fourth-order valence-electron chi connectivity index (χ4n) is 2.99. The summed E-state index contributed by atoms with van der Waals surface area (Å²) in [5, 5.41) is 3.90. The van der Waals surface area contributed by atoms with Crippen molar-refractivity contribution in [2.75, 3.05) is 11.5 Å². The number of nitrogens with one attached hydrogen (secondary N) is 1. The number of halogens is 3. The minimum atomic E-state index is -0.417. The zero-order valence-corrected chi connectivity index (χ0v) is 22.0. The Morgan fingerprint density at radius 2 is 1.64 bits per heavy atom. The SMILES string of the molecule is CCOC(=O)c1ccc(N(Cc2c(Cl)cccc2Cl)C(=S)NC(=O)c2ccccc2I)cc1. The topological polar surface area (TPSA) is 58.6 Å². The minimum Gasteiger partial charge on any atom is -0.462 e. The number of nitrogens with zero attached hydrogens (tertiary/aromatic N) is 1. The molecule has 0 aliphatic heterocycles. The molecule has 0 heterocycles. The molecule has 9 heteroatoms. The summed E-state index contributed by atoms with van der Waals surface area (Å²) >= 11 is 20.5. The van der Waals surface area contributed by atoms with Crippen molar-refractivity contribution in [3.8, 4) is 0 Å². The zero-order valence-electron chi connectivity index (χ0n) is 17.5. The maximum atomic E-state index is 12.9. The van der Waals surface area contributed by atoms with E-state index < -0.39 is 5.97 Å². The number of rotatable bonds is 6. The van der Waals surface area contributed by atoms with Gasteiger partial charge in [-0.05, 0) is 90.3 Å². The average molecular weight is 613 g/mol. The molecule has 0 atom stereocenters. The van der Waals surface area contributed by atoms with E-state index in [1.54, 1.807) is 66.4 Å². The van der Waals surface area contributed by atoms with Crippen molar-refractivity contribution in [3.63, 3.8) is 0 Å². The standard InChI is InChI=1S/C24H19Cl2IN2O3S/c1-2-32-23(31)15-10-12-16(13-11-15)29(14-18-19(25)7-5-8-20(18)26)24(33)28-22(30)17-6-3-4-9-21(17)27/h3-13H,2,14H2,1H3,(H,28,30,33). The molecular formula is C24H19Cl2IN2O3S. The van der Waals surface area contributed by atoms with Gasteiger partial charge in [-0.25, -0.2) is 4.79 Å². The third kappa shape index (κ3) is 6.44. The molecule has 0 unspecified atom stereocenters. The zero-order chi connectivity index (χ0) is 24.0. The Labute approximate surface area is 221 Å².